The fraction of sp³-hybridized carbons (Fsp3) is 0.133. The molecule has 0 spiro atoms. The zero-order valence-corrected chi connectivity index (χ0v) is 13.0. The van der Waals surface area contributed by atoms with Crippen molar-refractivity contribution in [2.45, 2.75) is 13.8 Å². The molecule has 0 radical (unpaired) electrons. The van der Waals surface area contributed by atoms with Crippen LogP contribution >= 0.6 is 11.3 Å². The van der Waals surface area contributed by atoms with E-state index in [1.54, 1.807) is 19.9 Å². The van der Waals surface area contributed by atoms with Crippen LogP contribution in [0.3, 0.4) is 0 Å². The highest BCUT2D eigenvalue weighted by atomic mass is 32.1. The molecule has 0 aliphatic carbocycles. The van der Waals surface area contributed by atoms with Crippen molar-refractivity contribution in [2.75, 3.05) is 5.32 Å². The van der Waals surface area contributed by atoms with Gasteiger partial charge in [0.05, 0.1) is 11.3 Å². The lowest BCUT2D eigenvalue weighted by molar-refractivity contribution is 0.102. The quantitative estimate of drug-likeness (QED) is 0.787. The molecule has 3 rings (SSSR count). The number of halogens is 2. The standard InChI is InChI=1S/C15H11F2N3O2S/c1-7-6-11(20-22-7)19-14(21)13-8(2)18-15(23-13)12-9(16)4-3-5-10(12)17/h3-6H,1-2H3,(H,19,20,21). The van der Waals surface area contributed by atoms with Gasteiger partial charge >= 0.3 is 0 Å². The minimum absolute atomic E-state index is 0.111. The fourth-order valence-corrected chi connectivity index (χ4v) is 3.02. The number of nitrogens with one attached hydrogen (secondary N) is 1. The Morgan fingerprint density at radius 2 is 1.96 bits per heavy atom. The molecule has 23 heavy (non-hydrogen) atoms. The molecule has 2 heterocycles. The molecule has 2 aromatic heterocycles. The van der Waals surface area contributed by atoms with E-state index in [9.17, 15) is 13.6 Å². The minimum Gasteiger partial charge on any atom is -0.360 e. The van der Waals surface area contributed by atoms with Crippen LogP contribution in [0.2, 0.25) is 0 Å². The van der Waals surface area contributed by atoms with Gasteiger partial charge in [0.2, 0.25) is 0 Å². The van der Waals surface area contributed by atoms with E-state index in [2.05, 4.69) is 15.5 Å². The highest BCUT2D eigenvalue weighted by Gasteiger charge is 2.21. The second kappa shape index (κ2) is 5.88. The maximum absolute atomic E-state index is 13.8. The highest BCUT2D eigenvalue weighted by Crippen LogP contribution is 2.32. The molecule has 5 nitrogen and oxygen atoms in total. The summed E-state index contributed by atoms with van der Waals surface area (Å²) in [6.45, 7) is 3.29. The summed E-state index contributed by atoms with van der Waals surface area (Å²) in [6, 6.07) is 5.13. The zero-order valence-electron chi connectivity index (χ0n) is 12.2. The summed E-state index contributed by atoms with van der Waals surface area (Å²) in [5.41, 5.74) is 0.141. The van der Waals surface area contributed by atoms with Crippen LogP contribution in [-0.2, 0) is 0 Å². The number of nitrogens with zero attached hydrogens (tertiary/aromatic N) is 2. The zero-order chi connectivity index (χ0) is 16.6. The van der Waals surface area contributed by atoms with E-state index < -0.39 is 17.5 Å². The van der Waals surface area contributed by atoms with Gasteiger partial charge in [0.1, 0.15) is 27.3 Å². The molecule has 1 amide bonds. The number of benzene rings is 1. The molecule has 0 unspecified atom stereocenters. The Labute approximate surface area is 134 Å². The third-order valence-electron chi connectivity index (χ3n) is 3.05. The number of aryl methyl sites for hydroxylation is 2. The van der Waals surface area contributed by atoms with E-state index in [4.69, 9.17) is 4.52 Å². The molecule has 0 aliphatic rings. The van der Waals surface area contributed by atoms with Crippen molar-refractivity contribution in [3.8, 4) is 10.6 Å². The van der Waals surface area contributed by atoms with Crippen LogP contribution in [0.5, 0.6) is 0 Å². The first-order valence-electron chi connectivity index (χ1n) is 6.62. The lowest BCUT2D eigenvalue weighted by atomic mass is 10.2. The SMILES string of the molecule is Cc1cc(NC(=O)c2sc(-c3c(F)cccc3F)nc2C)no1. The van der Waals surface area contributed by atoms with Gasteiger partial charge in [0.25, 0.3) is 5.91 Å². The van der Waals surface area contributed by atoms with Gasteiger partial charge in [-0.15, -0.1) is 11.3 Å². The minimum atomic E-state index is -0.724. The molecule has 3 aromatic rings. The average molecular weight is 335 g/mol. The Morgan fingerprint density at radius 1 is 1.26 bits per heavy atom. The third-order valence-corrected chi connectivity index (χ3v) is 4.22. The summed E-state index contributed by atoms with van der Waals surface area (Å²) in [5.74, 6) is -1.10. The molecule has 8 heteroatoms. The summed E-state index contributed by atoms with van der Waals surface area (Å²) in [5, 5.41) is 6.33. The Kier molecular flexibility index (Phi) is 3.91. The molecule has 0 atom stereocenters. The van der Waals surface area contributed by atoms with Crippen LogP contribution in [0.1, 0.15) is 21.1 Å². The maximum atomic E-state index is 13.8. The predicted molar refractivity (Wildman–Crippen MR) is 81.4 cm³/mol. The van der Waals surface area contributed by atoms with Crippen LogP contribution in [0.4, 0.5) is 14.6 Å². The number of hydrogen-bond acceptors (Lipinski definition) is 5. The molecule has 118 valence electrons. The number of carbonyl (C=O) groups excluding carboxylic acids is 1. The number of hydrogen-bond donors (Lipinski definition) is 1. The normalized spacial score (nSPS) is 10.8. The number of thiazole rings is 1. The van der Waals surface area contributed by atoms with E-state index in [-0.39, 0.29) is 21.3 Å². The van der Waals surface area contributed by atoms with Crippen LogP contribution in [0, 0.1) is 25.5 Å². The van der Waals surface area contributed by atoms with Gasteiger partial charge in [-0.25, -0.2) is 13.8 Å². The summed E-state index contributed by atoms with van der Waals surface area (Å²) >= 11 is 0.914. The Hall–Kier alpha value is -2.61. The monoisotopic (exact) mass is 335 g/mol. The van der Waals surface area contributed by atoms with E-state index in [1.165, 1.54) is 6.07 Å². The van der Waals surface area contributed by atoms with Crippen molar-refractivity contribution in [2.24, 2.45) is 0 Å². The summed E-state index contributed by atoms with van der Waals surface area (Å²) < 4.78 is 32.5. The average Bonchev–Trinajstić information content (AvgIpc) is 3.05. The highest BCUT2D eigenvalue weighted by molar-refractivity contribution is 7.17. The van der Waals surface area contributed by atoms with Gasteiger partial charge < -0.3 is 9.84 Å². The summed E-state index contributed by atoms with van der Waals surface area (Å²) in [7, 11) is 0. The largest absolute Gasteiger partial charge is 0.360 e. The van der Waals surface area contributed by atoms with Crippen LogP contribution in [-0.4, -0.2) is 16.0 Å². The number of aromatic nitrogens is 2. The van der Waals surface area contributed by atoms with Crippen molar-refractivity contribution in [1.29, 1.82) is 0 Å². The predicted octanol–water partition coefficient (Wildman–Crippen LogP) is 3.95. The Morgan fingerprint density at radius 3 is 2.57 bits per heavy atom. The van der Waals surface area contributed by atoms with Gasteiger partial charge in [-0.1, -0.05) is 11.2 Å². The molecular weight excluding hydrogens is 324 g/mol. The lowest BCUT2D eigenvalue weighted by Crippen LogP contribution is -2.11. The van der Waals surface area contributed by atoms with Crippen LogP contribution < -0.4 is 5.32 Å². The van der Waals surface area contributed by atoms with Crippen molar-refractivity contribution in [1.82, 2.24) is 10.1 Å². The van der Waals surface area contributed by atoms with Gasteiger partial charge in [-0.3, -0.25) is 4.79 Å². The fourth-order valence-electron chi connectivity index (χ4n) is 2.01. The molecule has 1 aromatic carbocycles. The Balaban J connectivity index is 1.93. The van der Waals surface area contributed by atoms with Crippen molar-refractivity contribution >= 4 is 23.1 Å². The van der Waals surface area contributed by atoms with Crippen molar-refractivity contribution < 1.29 is 18.1 Å². The van der Waals surface area contributed by atoms with Gasteiger partial charge in [0.15, 0.2) is 5.82 Å². The van der Waals surface area contributed by atoms with E-state index in [0.29, 0.717) is 11.5 Å². The van der Waals surface area contributed by atoms with E-state index in [1.807, 2.05) is 0 Å². The van der Waals surface area contributed by atoms with Gasteiger partial charge in [-0.05, 0) is 26.0 Å². The second-order valence-corrected chi connectivity index (χ2v) is 5.81. The number of amides is 1. The van der Waals surface area contributed by atoms with E-state index >= 15 is 0 Å². The number of anilines is 1. The second-order valence-electron chi connectivity index (χ2n) is 4.81. The lowest BCUT2D eigenvalue weighted by Gasteiger charge is -2.00. The first kappa shape index (κ1) is 15.3. The number of rotatable bonds is 3. The molecular formula is C15H11F2N3O2S. The van der Waals surface area contributed by atoms with Crippen LogP contribution in [0.25, 0.3) is 10.6 Å². The molecule has 0 saturated heterocycles. The summed E-state index contributed by atoms with van der Waals surface area (Å²) in [4.78, 5) is 16.6. The van der Waals surface area contributed by atoms with Gasteiger partial charge in [0, 0.05) is 6.07 Å². The first-order chi connectivity index (χ1) is 11.0. The molecule has 0 fully saturated rings. The topological polar surface area (TPSA) is 68.0 Å². The van der Waals surface area contributed by atoms with E-state index in [0.717, 1.165) is 23.5 Å². The Bertz CT molecular complexity index is 868. The molecule has 0 bridgehead atoms. The van der Waals surface area contributed by atoms with Crippen molar-refractivity contribution in [3.05, 3.63) is 52.2 Å². The maximum Gasteiger partial charge on any atom is 0.268 e. The first-order valence-corrected chi connectivity index (χ1v) is 7.44. The smallest absolute Gasteiger partial charge is 0.268 e. The van der Waals surface area contributed by atoms with Crippen molar-refractivity contribution in [3.63, 3.8) is 0 Å². The molecule has 0 saturated carbocycles. The summed E-state index contributed by atoms with van der Waals surface area (Å²) in [6.07, 6.45) is 0. The molecule has 1 N–H and O–H groups in total. The van der Waals surface area contributed by atoms with Gasteiger partial charge in [-0.2, -0.15) is 0 Å². The number of carbonyl (C=O) groups is 1. The molecule has 0 aliphatic heterocycles. The third kappa shape index (κ3) is 2.98. The van der Waals surface area contributed by atoms with Crippen LogP contribution in [0.15, 0.2) is 28.8 Å².